The second kappa shape index (κ2) is 9.37. The minimum atomic E-state index is -0.199. The Morgan fingerprint density at radius 1 is 0.929 bits per heavy atom. The van der Waals surface area contributed by atoms with Crippen LogP contribution in [0.2, 0.25) is 0 Å². The summed E-state index contributed by atoms with van der Waals surface area (Å²) in [6, 6.07) is 16.2. The highest BCUT2D eigenvalue weighted by atomic mass is 16.2. The van der Waals surface area contributed by atoms with Gasteiger partial charge in [0.1, 0.15) is 0 Å². The molecule has 0 unspecified atom stereocenters. The number of carbonyl (C=O) groups excluding carboxylic acids is 2. The maximum atomic E-state index is 12.2. The molecule has 28 heavy (non-hydrogen) atoms. The fourth-order valence-corrected chi connectivity index (χ4v) is 3.56. The number of piperazine rings is 1. The smallest absolute Gasteiger partial charge is 0.275 e. The molecule has 148 valence electrons. The SMILES string of the molecule is Cc1cccc(C)c1NC(=O)CNC(=O)C[NH+]1CCN(c2ccccc2)CC1. The molecule has 0 atom stereocenters. The number of rotatable bonds is 6. The number of quaternary nitrogens is 1. The first-order chi connectivity index (χ1) is 13.5. The van der Waals surface area contributed by atoms with Crippen molar-refractivity contribution >= 4 is 23.2 Å². The van der Waals surface area contributed by atoms with Gasteiger partial charge in [-0.3, -0.25) is 9.59 Å². The lowest BCUT2D eigenvalue weighted by Crippen LogP contribution is -3.16. The van der Waals surface area contributed by atoms with Crippen molar-refractivity contribution in [1.82, 2.24) is 5.32 Å². The number of nitrogens with zero attached hydrogens (tertiary/aromatic N) is 1. The number of aryl methyl sites for hydroxylation is 2. The number of anilines is 2. The Kier molecular flexibility index (Phi) is 6.66. The van der Waals surface area contributed by atoms with Gasteiger partial charge in [-0.05, 0) is 37.1 Å². The Labute approximate surface area is 166 Å². The van der Waals surface area contributed by atoms with Crippen LogP contribution in [0.1, 0.15) is 11.1 Å². The number of amides is 2. The molecule has 1 saturated heterocycles. The van der Waals surface area contributed by atoms with Gasteiger partial charge in [0.05, 0.1) is 32.7 Å². The van der Waals surface area contributed by atoms with Gasteiger partial charge in [-0.25, -0.2) is 0 Å². The maximum absolute atomic E-state index is 12.2. The van der Waals surface area contributed by atoms with E-state index in [-0.39, 0.29) is 18.4 Å². The van der Waals surface area contributed by atoms with Crippen molar-refractivity contribution in [1.29, 1.82) is 0 Å². The summed E-state index contributed by atoms with van der Waals surface area (Å²) in [5, 5.41) is 5.64. The zero-order chi connectivity index (χ0) is 19.9. The van der Waals surface area contributed by atoms with Gasteiger partial charge in [0, 0.05) is 11.4 Å². The maximum Gasteiger partial charge on any atom is 0.275 e. The van der Waals surface area contributed by atoms with Crippen LogP contribution in [-0.4, -0.2) is 51.1 Å². The van der Waals surface area contributed by atoms with Gasteiger partial charge in [-0.2, -0.15) is 0 Å². The summed E-state index contributed by atoms with van der Waals surface area (Å²) >= 11 is 0. The minimum Gasteiger partial charge on any atom is -0.360 e. The van der Waals surface area contributed by atoms with Gasteiger partial charge in [0.2, 0.25) is 5.91 Å². The Balaban J connectivity index is 1.40. The molecule has 0 bridgehead atoms. The van der Waals surface area contributed by atoms with Gasteiger partial charge in [0.25, 0.3) is 5.91 Å². The van der Waals surface area contributed by atoms with E-state index in [1.807, 2.05) is 50.2 Å². The van der Waals surface area contributed by atoms with Crippen LogP contribution >= 0.6 is 0 Å². The summed E-state index contributed by atoms with van der Waals surface area (Å²) in [6.45, 7) is 8.00. The molecule has 1 aliphatic heterocycles. The fourth-order valence-electron chi connectivity index (χ4n) is 3.56. The highest BCUT2D eigenvalue weighted by Gasteiger charge is 2.22. The molecule has 1 fully saturated rings. The molecule has 1 heterocycles. The Morgan fingerprint density at radius 2 is 1.57 bits per heavy atom. The molecule has 2 amide bonds. The molecular weight excluding hydrogens is 352 g/mol. The molecule has 3 rings (SSSR count). The second-order valence-electron chi connectivity index (χ2n) is 7.34. The molecule has 0 saturated carbocycles. The van der Waals surface area contributed by atoms with Crippen molar-refractivity contribution in [3.63, 3.8) is 0 Å². The summed E-state index contributed by atoms with van der Waals surface area (Å²) in [5.74, 6) is -0.283. The monoisotopic (exact) mass is 381 g/mol. The largest absolute Gasteiger partial charge is 0.360 e. The number of hydrogen-bond acceptors (Lipinski definition) is 3. The first kappa shape index (κ1) is 19.9. The van der Waals surface area contributed by atoms with Gasteiger partial charge in [0.15, 0.2) is 6.54 Å². The van der Waals surface area contributed by atoms with Crippen LogP contribution in [0.5, 0.6) is 0 Å². The summed E-state index contributed by atoms with van der Waals surface area (Å²) in [5.41, 5.74) is 4.08. The van der Waals surface area contributed by atoms with E-state index < -0.39 is 0 Å². The van der Waals surface area contributed by atoms with Crippen LogP contribution in [-0.2, 0) is 9.59 Å². The number of benzene rings is 2. The Hall–Kier alpha value is -2.86. The van der Waals surface area contributed by atoms with E-state index in [1.165, 1.54) is 10.6 Å². The molecular formula is C22H29N4O2+. The number of para-hydroxylation sites is 2. The Bertz CT molecular complexity index is 794. The first-order valence-electron chi connectivity index (χ1n) is 9.79. The lowest BCUT2D eigenvalue weighted by Gasteiger charge is -2.33. The van der Waals surface area contributed by atoms with E-state index >= 15 is 0 Å². The number of hydrogen-bond donors (Lipinski definition) is 3. The third-order valence-corrected chi connectivity index (χ3v) is 5.19. The van der Waals surface area contributed by atoms with Gasteiger partial charge in [-0.1, -0.05) is 36.4 Å². The summed E-state index contributed by atoms with van der Waals surface area (Å²) in [6.07, 6.45) is 0. The third kappa shape index (κ3) is 5.33. The molecule has 6 nitrogen and oxygen atoms in total. The summed E-state index contributed by atoms with van der Waals surface area (Å²) in [4.78, 5) is 28.0. The zero-order valence-corrected chi connectivity index (χ0v) is 16.6. The highest BCUT2D eigenvalue weighted by Crippen LogP contribution is 2.19. The van der Waals surface area contributed by atoms with Gasteiger partial charge >= 0.3 is 0 Å². The molecule has 2 aromatic carbocycles. The fraction of sp³-hybridized carbons (Fsp3) is 0.364. The predicted octanol–water partition coefficient (Wildman–Crippen LogP) is 0.763. The van der Waals surface area contributed by atoms with Crippen LogP contribution in [0.4, 0.5) is 11.4 Å². The zero-order valence-electron chi connectivity index (χ0n) is 16.6. The van der Waals surface area contributed by atoms with E-state index in [1.54, 1.807) is 0 Å². The van der Waals surface area contributed by atoms with Crippen LogP contribution in [0.15, 0.2) is 48.5 Å². The van der Waals surface area contributed by atoms with Crippen LogP contribution in [0.25, 0.3) is 0 Å². The average Bonchev–Trinajstić information content (AvgIpc) is 2.70. The lowest BCUT2D eigenvalue weighted by molar-refractivity contribution is -0.892. The molecule has 3 N–H and O–H groups in total. The van der Waals surface area contributed by atoms with Crippen molar-refractivity contribution in [2.75, 3.05) is 49.5 Å². The van der Waals surface area contributed by atoms with Gasteiger partial charge in [-0.15, -0.1) is 0 Å². The quantitative estimate of drug-likeness (QED) is 0.692. The Morgan fingerprint density at radius 3 is 2.21 bits per heavy atom. The molecule has 2 aromatic rings. The number of nitrogens with one attached hydrogen (secondary N) is 3. The van der Waals surface area contributed by atoms with E-state index in [4.69, 9.17) is 0 Å². The van der Waals surface area contributed by atoms with Crippen molar-refractivity contribution in [3.05, 3.63) is 59.7 Å². The minimum absolute atomic E-state index is 0.00394. The topological polar surface area (TPSA) is 65.9 Å². The van der Waals surface area contributed by atoms with E-state index in [0.717, 1.165) is 43.0 Å². The van der Waals surface area contributed by atoms with Crippen LogP contribution in [0, 0.1) is 13.8 Å². The normalized spacial score (nSPS) is 14.6. The van der Waals surface area contributed by atoms with Gasteiger partial charge < -0.3 is 20.4 Å². The molecule has 0 spiro atoms. The summed E-state index contributed by atoms with van der Waals surface area (Å²) < 4.78 is 0. The third-order valence-electron chi connectivity index (χ3n) is 5.19. The van der Waals surface area contributed by atoms with Crippen molar-refractivity contribution in [2.24, 2.45) is 0 Å². The first-order valence-corrected chi connectivity index (χ1v) is 9.79. The summed E-state index contributed by atoms with van der Waals surface area (Å²) in [7, 11) is 0. The molecule has 0 radical (unpaired) electrons. The van der Waals surface area contributed by atoms with E-state index in [2.05, 4.69) is 27.7 Å². The highest BCUT2D eigenvalue weighted by molar-refractivity contribution is 5.95. The van der Waals surface area contributed by atoms with Crippen molar-refractivity contribution in [2.45, 2.75) is 13.8 Å². The van der Waals surface area contributed by atoms with Crippen molar-refractivity contribution < 1.29 is 14.5 Å². The predicted molar refractivity (Wildman–Crippen MR) is 112 cm³/mol. The van der Waals surface area contributed by atoms with Crippen LogP contribution in [0.3, 0.4) is 0 Å². The molecule has 1 aliphatic rings. The molecule has 0 aromatic heterocycles. The molecule has 0 aliphatic carbocycles. The van der Waals surface area contributed by atoms with E-state index in [0.29, 0.717) is 6.54 Å². The lowest BCUT2D eigenvalue weighted by atomic mass is 10.1. The van der Waals surface area contributed by atoms with Crippen LogP contribution < -0.4 is 20.4 Å². The number of carbonyl (C=O) groups is 2. The van der Waals surface area contributed by atoms with Crippen molar-refractivity contribution in [3.8, 4) is 0 Å². The second-order valence-corrected chi connectivity index (χ2v) is 7.34. The molecule has 6 heteroatoms. The van der Waals surface area contributed by atoms with E-state index in [9.17, 15) is 9.59 Å². The average molecular weight is 382 g/mol. The standard InChI is InChI=1S/C22H28N4O2/c1-17-7-6-8-18(2)22(17)24-20(27)15-23-21(28)16-25-11-13-26(14-12-25)19-9-4-3-5-10-19/h3-10H,11-16H2,1-2H3,(H,23,28)(H,24,27)/p+1.